The standard InChI is InChI=1S/C12H12ClN3O2/c13-9-2-1-8(7-14-9)10-15-11(17)12(16-10)3-5-18-6-4-12/h1-2,7H,3-6H2,(H,15,16,17). The van der Waals surface area contributed by atoms with Gasteiger partial charge in [-0.25, -0.2) is 4.98 Å². The van der Waals surface area contributed by atoms with Gasteiger partial charge in [0, 0.05) is 37.8 Å². The molecular formula is C12H12ClN3O2. The van der Waals surface area contributed by atoms with E-state index in [1.165, 1.54) is 0 Å². The number of aromatic nitrogens is 1. The van der Waals surface area contributed by atoms with E-state index in [4.69, 9.17) is 16.3 Å². The molecule has 1 N–H and O–H groups in total. The molecule has 0 aromatic carbocycles. The Morgan fingerprint density at radius 2 is 2.11 bits per heavy atom. The predicted octanol–water partition coefficient (Wildman–Crippen LogP) is 1.16. The highest BCUT2D eigenvalue weighted by Crippen LogP contribution is 2.29. The summed E-state index contributed by atoms with van der Waals surface area (Å²) in [7, 11) is 0. The molecule has 0 unspecified atom stereocenters. The SMILES string of the molecule is O=C1NC(c2ccc(Cl)nc2)=NC12CCOCC2. The van der Waals surface area contributed by atoms with Crippen LogP contribution < -0.4 is 5.32 Å². The molecule has 0 saturated carbocycles. The molecule has 1 aromatic rings. The maximum atomic E-state index is 12.1. The summed E-state index contributed by atoms with van der Waals surface area (Å²) in [6.45, 7) is 1.14. The zero-order valence-electron chi connectivity index (χ0n) is 9.65. The maximum absolute atomic E-state index is 12.1. The van der Waals surface area contributed by atoms with Crippen LogP contribution in [0.3, 0.4) is 0 Å². The summed E-state index contributed by atoms with van der Waals surface area (Å²) in [4.78, 5) is 20.6. The Bertz CT molecular complexity index is 507. The van der Waals surface area contributed by atoms with Crippen LogP contribution in [0, 0.1) is 0 Å². The van der Waals surface area contributed by atoms with Crippen LogP contribution in [0.25, 0.3) is 0 Å². The van der Waals surface area contributed by atoms with Crippen molar-refractivity contribution in [3.63, 3.8) is 0 Å². The molecule has 1 fully saturated rings. The van der Waals surface area contributed by atoms with Crippen LogP contribution in [0.15, 0.2) is 23.3 Å². The lowest BCUT2D eigenvalue weighted by Gasteiger charge is -2.27. The topological polar surface area (TPSA) is 63.6 Å². The molecule has 3 heterocycles. The summed E-state index contributed by atoms with van der Waals surface area (Å²) in [5, 5.41) is 3.24. The smallest absolute Gasteiger partial charge is 0.253 e. The second-order valence-electron chi connectivity index (χ2n) is 4.43. The van der Waals surface area contributed by atoms with Crippen LogP contribution in [0.5, 0.6) is 0 Å². The van der Waals surface area contributed by atoms with Gasteiger partial charge in [-0.15, -0.1) is 0 Å². The second kappa shape index (κ2) is 4.33. The lowest BCUT2D eigenvalue weighted by atomic mass is 9.91. The number of nitrogens with zero attached hydrogens (tertiary/aromatic N) is 2. The normalized spacial score (nSPS) is 21.8. The highest BCUT2D eigenvalue weighted by Gasteiger charge is 2.44. The molecule has 2 aliphatic rings. The number of carbonyl (C=O) groups is 1. The van der Waals surface area contributed by atoms with Crippen molar-refractivity contribution < 1.29 is 9.53 Å². The summed E-state index contributed by atoms with van der Waals surface area (Å²) >= 11 is 5.73. The maximum Gasteiger partial charge on any atom is 0.253 e. The minimum absolute atomic E-state index is 0.0456. The highest BCUT2D eigenvalue weighted by molar-refractivity contribution is 6.29. The van der Waals surface area contributed by atoms with Crippen molar-refractivity contribution in [2.24, 2.45) is 4.99 Å². The molecule has 2 aliphatic heterocycles. The molecular weight excluding hydrogens is 254 g/mol. The number of hydrogen-bond donors (Lipinski definition) is 1. The van der Waals surface area contributed by atoms with Crippen LogP contribution in [0.2, 0.25) is 5.15 Å². The van der Waals surface area contributed by atoms with Gasteiger partial charge in [0.2, 0.25) is 0 Å². The van der Waals surface area contributed by atoms with Crippen molar-refractivity contribution in [1.82, 2.24) is 10.3 Å². The average Bonchev–Trinajstić information content (AvgIpc) is 2.69. The molecule has 1 amide bonds. The van der Waals surface area contributed by atoms with Crippen LogP contribution in [-0.2, 0) is 9.53 Å². The van der Waals surface area contributed by atoms with Crippen LogP contribution >= 0.6 is 11.6 Å². The van der Waals surface area contributed by atoms with E-state index in [1.807, 2.05) is 0 Å². The van der Waals surface area contributed by atoms with Crippen LogP contribution in [-0.4, -0.2) is 35.5 Å². The first kappa shape index (κ1) is 11.6. The summed E-state index contributed by atoms with van der Waals surface area (Å²) in [6.07, 6.45) is 2.87. The van der Waals surface area contributed by atoms with Gasteiger partial charge in [-0.05, 0) is 12.1 Å². The third-order valence-corrected chi connectivity index (χ3v) is 3.52. The van der Waals surface area contributed by atoms with Crippen molar-refractivity contribution in [3.8, 4) is 0 Å². The number of rotatable bonds is 1. The Morgan fingerprint density at radius 1 is 1.33 bits per heavy atom. The number of hydrogen-bond acceptors (Lipinski definition) is 4. The third-order valence-electron chi connectivity index (χ3n) is 3.30. The molecule has 0 radical (unpaired) electrons. The molecule has 3 rings (SSSR count). The van der Waals surface area contributed by atoms with Gasteiger partial charge in [0.25, 0.3) is 5.91 Å². The third kappa shape index (κ3) is 1.89. The monoisotopic (exact) mass is 265 g/mol. The lowest BCUT2D eigenvalue weighted by Crippen LogP contribution is -2.43. The van der Waals surface area contributed by atoms with Crippen molar-refractivity contribution in [1.29, 1.82) is 0 Å². The highest BCUT2D eigenvalue weighted by atomic mass is 35.5. The van der Waals surface area contributed by atoms with Gasteiger partial charge in [0.05, 0.1) is 0 Å². The summed E-state index contributed by atoms with van der Waals surface area (Å²) < 4.78 is 5.28. The van der Waals surface area contributed by atoms with Gasteiger partial charge in [-0.1, -0.05) is 11.6 Å². The van der Waals surface area contributed by atoms with Crippen molar-refractivity contribution in [3.05, 3.63) is 29.0 Å². The molecule has 1 spiro atoms. The Labute approximate surface area is 109 Å². The molecule has 1 saturated heterocycles. The molecule has 5 nitrogen and oxygen atoms in total. The molecule has 6 heteroatoms. The Balaban J connectivity index is 1.92. The molecule has 94 valence electrons. The fourth-order valence-corrected chi connectivity index (χ4v) is 2.33. The molecule has 0 bridgehead atoms. The first-order chi connectivity index (χ1) is 8.70. The van der Waals surface area contributed by atoms with Crippen molar-refractivity contribution in [2.75, 3.05) is 13.2 Å². The Hall–Kier alpha value is -1.46. The number of aliphatic imine (C=N–C) groups is 1. The number of amidine groups is 1. The van der Waals surface area contributed by atoms with E-state index in [0.717, 1.165) is 5.56 Å². The number of pyridine rings is 1. The quantitative estimate of drug-likeness (QED) is 0.775. The first-order valence-electron chi connectivity index (χ1n) is 5.81. The fourth-order valence-electron chi connectivity index (χ4n) is 2.22. The van der Waals surface area contributed by atoms with E-state index in [2.05, 4.69) is 15.3 Å². The summed E-state index contributed by atoms with van der Waals surface area (Å²) in [5.74, 6) is 0.529. The van der Waals surface area contributed by atoms with E-state index < -0.39 is 5.54 Å². The number of amides is 1. The predicted molar refractivity (Wildman–Crippen MR) is 66.7 cm³/mol. The van der Waals surface area contributed by atoms with Gasteiger partial charge in [0.1, 0.15) is 16.5 Å². The zero-order valence-corrected chi connectivity index (χ0v) is 10.4. The van der Waals surface area contributed by atoms with Gasteiger partial charge in [-0.3, -0.25) is 9.79 Å². The van der Waals surface area contributed by atoms with Crippen LogP contribution in [0.1, 0.15) is 18.4 Å². The molecule has 1 aromatic heterocycles. The molecule has 18 heavy (non-hydrogen) atoms. The zero-order chi connectivity index (χ0) is 12.6. The van der Waals surface area contributed by atoms with Crippen molar-refractivity contribution >= 4 is 23.3 Å². The van der Waals surface area contributed by atoms with Gasteiger partial charge < -0.3 is 10.1 Å². The first-order valence-corrected chi connectivity index (χ1v) is 6.18. The second-order valence-corrected chi connectivity index (χ2v) is 4.82. The van der Waals surface area contributed by atoms with E-state index in [0.29, 0.717) is 37.0 Å². The number of carbonyl (C=O) groups excluding carboxylic acids is 1. The minimum Gasteiger partial charge on any atom is -0.381 e. The van der Waals surface area contributed by atoms with E-state index in [-0.39, 0.29) is 5.91 Å². The minimum atomic E-state index is -0.646. The average molecular weight is 266 g/mol. The van der Waals surface area contributed by atoms with E-state index in [9.17, 15) is 4.79 Å². The number of ether oxygens (including phenoxy) is 1. The van der Waals surface area contributed by atoms with Gasteiger partial charge in [-0.2, -0.15) is 0 Å². The van der Waals surface area contributed by atoms with Gasteiger partial charge >= 0.3 is 0 Å². The largest absolute Gasteiger partial charge is 0.381 e. The molecule has 0 atom stereocenters. The molecule has 0 aliphatic carbocycles. The Kier molecular flexibility index (Phi) is 2.80. The fraction of sp³-hybridized carbons (Fsp3) is 0.417. The van der Waals surface area contributed by atoms with Crippen LogP contribution in [0.4, 0.5) is 0 Å². The number of halogens is 1. The number of nitrogens with one attached hydrogen (secondary N) is 1. The summed E-state index contributed by atoms with van der Waals surface area (Å²) in [5.41, 5.74) is 0.129. The van der Waals surface area contributed by atoms with Crippen molar-refractivity contribution in [2.45, 2.75) is 18.4 Å². The Morgan fingerprint density at radius 3 is 2.78 bits per heavy atom. The summed E-state index contributed by atoms with van der Waals surface area (Å²) in [6, 6.07) is 3.48. The van der Waals surface area contributed by atoms with E-state index in [1.54, 1.807) is 18.3 Å². The lowest BCUT2D eigenvalue weighted by molar-refractivity contribution is -0.126. The van der Waals surface area contributed by atoms with E-state index >= 15 is 0 Å². The van der Waals surface area contributed by atoms with Gasteiger partial charge in [0.15, 0.2) is 0 Å².